The van der Waals surface area contributed by atoms with Crippen LogP contribution in [0.3, 0.4) is 0 Å². The van der Waals surface area contributed by atoms with Crippen molar-refractivity contribution in [1.29, 1.82) is 0 Å². The highest BCUT2D eigenvalue weighted by molar-refractivity contribution is 7.92. The summed E-state index contributed by atoms with van der Waals surface area (Å²) in [7, 11) is -3.41. The van der Waals surface area contributed by atoms with Crippen molar-refractivity contribution in [2.45, 2.75) is 59.4 Å². The predicted molar refractivity (Wildman–Crippen MR) is 124 cm³/mol. The first-order valence-corrected chi connectivity index (χ1v) is 12.4. The first-order chi connectivity index (χ1) is 14.2. The number of benzene rings is 2. The van der Waals surface area contributed by atoms with Gasteiger partial charge in [-0.2, -0.15) is 0 Å². The zero-order chi connectivity index (χ0) is 22.3. The number of sulfonamides is 1. The van der Waals surface area contributed by atoms with E-state index in [0.29, 0.717) is 12.1 Å². The number of anilines is 1. The van der Waals surface area contributed by atoms with Gasteiger partial charge in [-0.15, -0.1) is 0 Å². The number of carbonyl (C=O) groups is 1. The van der Waals surface area contributed by atoms with E-state index in [1.807, 2.05) is 24.3 Å². The highest BCUT2D eigenvalue weighted by atomic mass is 32.2. The van der Waals surface area contributed by atoms with Gasteiger partial charge in [0.1, 0.15) is 0 Å². The molecular formula is C24H34N2O3S. The molecule has 0 aliphatic carbocycles. The monoisotopic (exact) mass is 430 g/mol. The first-order valence-electron chi connectivity index (χ1n) is 10.6. The molecule has 0 bridgehead atoms. The van der Waals surface area contributed by atoms with Crippen LogP contribution in [-0.4, -0.2) is 27.1 Å². The normalized spacial score (nSPS) is 12.4. The fraction of sp³-hybridized carbons (Fsp3) is 0.458. The lowest BCUT2D eigenvalue weighted by Crippen LogP contribution is -2.33. The van der Waals surface area contributed by atoms with Crippen LogP contribution in [0, 0.1) is 13.8 Å². The van der Waals surface area contributed by atoms with E-state index >= 15 is 0 Å². The maximum Gasteiger partial charge on any atom is 0.232 e. The fourth-order valence-corrected chi connectivity index (χ4v) is 4.62. The molecule has 30 heavy (non-hydrogen) atoms. The van der Waals surface area contributed by atoms with E-state index in [2.05, 4.69) is 51.2 Å². The molecule has 2 rings (SSSR count). The average Bonchev–Trinajstić information content (AvgIpc) is 2.69. The molecule has 5 nitrogen and oxygen atoms in total. The first kappa shape index (κ1) is 23.9. The third-order valence-electron chi connectivity index (χ3n) is 5.34. The molecular weight excluding hydrogens is 396 g/mol. The van der Waals surface area contributed by atoms with Crippen LogP contribution in [0.2, 0.25) is 0 Å². The number of hydrogen-bond donors (Lipinski definition) is 1. The molecule has 6 heteroatoms. The lowest BCUT2D eigenvalue weighted by Gasteiger charge is -2.23. The molecule has 0 aromatic heterocycles. The van der Waals surface area contributed by atoms with E-state index in [1.165, 1.54) is 21.7 Å². The third kappa shape index (κ3) is 6.59. The molecule has 0 spiro atoms. The van der Waals surface area contributed by atoms with E-state index in [9.17, 15) is 13.2 Å². The van der Waals surface area contributed by atoms with Gasteiger partial charge in [0.2, 0.25) is 15.9 Å². The molecule has 0 saturated heterocycles. The zero-order valence-corrected chi connectivity index (χ0v) is 19.6. The van der Waals surface area contributed by atoms with Crippen molar-refractivity contribution >= 4 is 21.6 Å². The molecule has 0 saturated carbocycles. The summed E-state index contributed by atoms with van der Waals surface area (Å²) in [4.78, 5) is 12.5. The average molecular weight is 431 g/mol. The number of hydrogen-bond acceptors (Lipinski definition) is 3. The lowest BCUT2D eigenvalue weighted by molar-refractivity contribution is -0.121. The van der Waals surface area contributed by atoms with Gasteiger partial charge in [-0.05, 0) is 61.9 Å². The van der Waals surface area contributed by atoms with E-state index in [0.717, 1.165) is 24.0 Å². The standard InChI is InChI=1S/C24H34N2O3S/c1-6-20-11-13-21(14-12-20)26(30(5,28)29)16-8-9-24(27)25-23(7-2)22-15-10-18(3)17-19(22)4/h10-15,17,23H,6-9,16H2,1-5H3,(H,25,27). The van der Waals surface area contributed by atoms with Crippen molar-refractivity contribution in [3.63, 3.8) is 0 Å². The number of nitrogens with zero attached hydrogens (tertiary/aromatic N) is 1. The molecule has 0 radical (unpaired) electrons. The van der Waals surface area contributed by atoms with Gasteiger partial charge >= 0.3 is 0 Å². The Balaban J connectivity index is 1.99. The highest BCUT2D eigenvalue weighted by Crippen LogP contribution is 2.22. The summed E-state index contributed by atoms with van der Waals surface area (Å²) >= 11 is 0. The predicted octanol–water partition coefficient (Wildman–Crippen LogP) is 4.68. The summed E-state index contributed by atoms with van der Waals surface area (Å²) in [6, 6.07) is 13.8. The minimum absolute atomic E-state index is 0.0364. The van der Waals surface area contributed by atoms with Gasteiger partial charge in [0.25, 0.3) is 0 Å². The fourth-order valence-electron chi connectivity index (χ4n) is 3.65. The number of carbonyl (C=O) groups excluding carboxylic acids is 1. The lowest BCUT2D eigenvalue weighted by atomic mass is 9.97. The van der Waals surface area contributed by atoms with Crippen molar-refractivity contribution in [2.75, 3.05) is 17.1 Å². The molecule has 1 unspecified atom stereocenters. The van der Waals surface area contributed by atoms with Crippen LogP contribution < -0.4 is 9.62 Å². The molecule has 0 aliphatic rings. The highest BCUT2D eigenvalue weighted by Gasteiger charge is 2.19. The van der Waals surface area contributed by atoms with Gasteiger partial charge in [0.05, 0.1) is 18.0 Å². The van der Waals surface area contributed by atoms with Crippen LogP contribution in [0.15, 0.2) is 42.5 Å². The van der Waals surface area contributed by atoms with Crippen molar-refractivity contribution in [1.82, 2.24) is 5.32 Å². The number of rotatable bonds is 10. The Morgan fingerprint density at radius 2 is 1.73 bits per heavy atom. The minimum atomic E-state index is -3.41. The molecule has 0 heterocycles. The molecule has 2 aromatic rings. The Kier molecular flexibility index (Phi) is 8.47. The quantitative estimate of drug-likeness (QED) is 0.595. The Labute approximate surface area is 181 Å². The zero-order valence-electron chi connectivity index (χ0n) is 18.7. The van der Waals surface area contributed by atoms with Crippen LogP contribution in [0.25, 0.3) is 0 Å². The molecule has 1 N–H and O–H groups in total. The number of nitrogens with one attached hydrogen (secondary N) is 1. The van der Waals surface area contributed by atoms with E-state index in [4.69, 9.17) is 0 Å². The third-order valence-corrected chi connectivity index (χ3v) is 6.54. The van der Waals surface area contributed by atoms with Crippen LogP contribution >= 0.6 is 0 Å². The van der Waals surface area contributed by atoms with Gasteiger partial charge in [-0.3, -0.25) is 9.10 Å². The van der Waals surface area contributed by atoms with E-state index < -0.39 is 10.0 Å². The maximum atomic E-state index is 12.5. The van der Waals surface area contributed by atoms with Crippen molar-refractivity contribution in [3.05, 3.63) is 64.7 Å². The number of aryl methyl sites for hydroxylation is 3. The summed E-state index contributed by atoms with van der Waals surface area (Å²) in [6.45, 7) is 8.50. The minimum Gasteiger partial charge on any atom is -0.349 e. The summed E-state index contributed by atoms with van der Waals surface area (Å²) < 4.78 is 25.9. The second-order valence-corrected chi connectivity index (χ2v) is 9.75. The summed E-state index contributed by atoms with van der Waals surface area (Å²) in [5, 5.41) is 3.10. The topological polar surface area (TPSA) is 66.5 Å². The van der Waals surface area contributed by atoms with Gasteiger partial charge in [-0.25, -0.2) is 8.42 Å². The Hall–Kier alpha value is -2.34. The second-order valence-electron chi connectivity index (χ2n) is 7.85. The summed E-state index contributed by atoms with van der Waals surface area (Å²) in [5.74, 6) is -0.0587. The maximum absolute atomic E-state index is 12.5. The second kappa shape index (κ2) is 10.6. The van der Waals surface area contributed by atoms with Crippen molar-refractivity contribution in [2.24, 2.45) is 0 Å². The number of amides is 1. The van der Waals surface area contributed by atoms with Crippen LogP contribution in [0.5, 0.6) is 0 Å². The molecule has 0 fully saturated rings. The van der Waals surface area contributed by atoms with Crippen LogP contribution in [0.1, 0.15) is 61.4 Å². The molecule has 0 aliphatic heterocycles. The van der Waals surface area contributed by atoms with Crippen molar-refractivity contribution < 1.29 is 13.2 Å². The van der Waals surface area contributed by atoms with Gasteiger partial charge in [0, 0.05) is 13.0 Å². The molecule has 1 amide bonds. The SMILES string of the molecule is CCc1ccc(N(CCCC(=O)NC(CC)c2ccc(C)cc2C)S(C)(=O)=O)cc1. The molecule has 1 atom stereocenters. The van der Waals surface area contributed by atoms with E-state index in [-0.39, 0.29) is 24.9 Å². The molecule has 2 aromatic carbocycles. The van der Waals surface area contributed by atoms with Crippen LogP contribution in [0.4, 0.5) is 5.69 Å². The van der Waals surface area contributed by atoms with Gasteiger partial charge in [-0.1, -0.05) is 49.7 Å². The van der Waals surface area contributed by atoms with Gasteiger partial charge < -0.3 is 5.32 Å². The summed E-state index contributed by atoms with van der Waals surface area (Å²) in [6.07, 6.45) is 3.64. The Bertz CT molecular complexity index is 953. The van der Waals surface area contributed by atoms with Gasteiger partial charge in [0.15, 0.2) is 0 Å². The smallest absolute Gasteiger partial charge is 0.232 e. The van der Waals surface area contributed by atoms with Crippen molar-refractivity contribution in [3.8, 4) is 0 Å². The largest absolute Gasteiger partial charge is 0.349 e. The Morgan fingerprint density at radius 1 is 1.07 bits per heavy atom. The van der Waals surface area contributed by atoms with E-state index in [1.54, 1.807) is 0 Å². The summed E-state index contributed by atoms with van der Waals surface area (Å²) in [5.41, 5.74) is 5.29. The molecule has 164 valence electrons. The Morgan fingerprint density at radius 3 is 2.27 bits per heavy atom. The van der Waals surface area contributed by atoms with Crippen LogP contribution in [-0.2, 0) is 21.2 Å².